The molecule has 0 fully saturated rings. The van der Waals surface area contributed by atoms with Crippen LogP contribution in [0.1, 0.15) is 5.56 Å². The number of pyridine rings is 1. The number of anilines is 1. The average molecular weight is 211 g/mol. The number of benzene rings is 1. The molecule has 0 spiro atoms. The minimum absolute atomic E-state index is 0.397. The molecule has 0 saturated heterocycles. The Morgan fingerprint density at radius 3 is 2.75 bits per heavy atom. The summed E-state index contributed by atoms with van der Waals surface area (Å²) in [5.41, 5.74) is 6.08. The Kier molecular flexibility index (Phi) is 2.70. The molecule has 2 N–H and O–H groups in total. The monoisotopic (exact) mass is 211 g/mol. The number of rotatable bonds is 2. The molecule has 2 rings (SSSR count). The Balaban J connectivity index is 2.24. The van der Waals surface area contributed by atoms with Crippen molar-refractivity contribution in [2.24, 2.45) is 0 Å². The third-order valence-corrected chi connectivity index (χ3v) is 1.95. The van der Waals surface area contributed by atoms with Gasteiger partial charge in [-0.2, -0.15) is 5.26 Å². The number of hydrogen-bond acceptors (Lipinski definition) is 4. The first-order valence-electron chi connectivity index (χ1n) is 4.67. The smallest absolute Gasteiger partial charge is 0.132 e. The van der Waals surface area contributed by atoms with E-state index in [9.17, 15) is 0 Å². The van der Waals surface area contributed by atoms with E-state index in [4.69, 9.17) is 15.7 Å². The lowest BCUT2D eigenvalue weighted by Gasteiger charge is -2.05. The lowest BCUT2D eigenvalue weighted by Crippen LogP contribution is -1.90. The fourth-order valence-electron chi connectivity index (χ4n) is 1.26. The van der Waals surface area contributed by atoms with Crippen LogP contribution in [-0.2, 0) is 0 Å². The van der Waals surface area contributed by atoms with Gasteiger partial charge in [0, 0.05) is 12.3 Å². The van der Waals surface area contributed by atoms with Gasteiger partial charge in [0.2, 0.25) is 0 Å². The maximum Gasteiger partial charge on any atom is 0.132 e. The highest BCUT2D eigenvalue weighted by Gasteiger charge is 1.99. The molecule has 0 saturated carbocycles. The molecule has 0 aliphatic rings. The molecule has 1 aromatic heterocycles. The predicted molar refractivity (Wildman–Crippen MR) is 59.9 cm³/mol. The maximum absolute atomic E-state index is 8.74. The van der Waals surface area contributed by atoms with Gasteiger partial charge in [-0.05, 0) is 24.3 Å². The van der Waals surface area contributed by atoms with Crippen molar-refractivity contribution in [1.29, 1.82) is 5.26 Å². The Bertz CT molecular complexity index is 546. The van der Waals surface area contributed by atoms with E-state index < -0.39 is 0 Å². The van der Waals surface area contributed by atoms with E-state index in [1.165, 1.54) is 0 Å². The normalized spacial score (nSPS) is 9.44. The van der Waals surface area contributed by atoms with E-state index in [0.29, 0.717) is 22.9 Å². The third-order valence-electron chi connectivity index (χ3n) is 1.95. The molecule has 0 bridgehead atoms. The maximum atomic E-state index is 8.74. The first-order chi connectivity index (χ1) is 7.78. The molecule has 2 aromatic rings. The van der Waals surface area contributed by atoms with Crippen LogP contribution in [0.15, 0.2) is 42.6 Å². The van der Waals surface area contributed by atoms with Crippen LogP contribution < -0.4 is 10.5 Å². The fraction of sp³-hybridized carbons (Fsp3) is 0. The lowest BCUT2D eigenvalue weighted by atomic mass is 10.2. The van der Waals surface area contributed by atoms with Crippen molar-refractivity contribution in [3.05, 3.63) is 48.2 Å². The van der Waals surface area contributed by atoms with Crippen LogP contribution in [0.4, 0.5) is 5.82 Å². The number of nitriles is 1. The van der Waals surface area contributed by atoms with Crippen molar-refractivity contribution in [3.63, 3.8) is 0 Å². The van der Waals surface area contributed by atoms with E-state index in [1.807, 2.05) is 6.07 Å². The van der Waals surface area contributed by atoms with Crippen molar-refractivity contribution in [2.75, 3.05) is 5.73 Å². The Hall–Kier alpha value is -2.54. The van der Waals surface area contributed by atoms with Crippen LogP contribution in [0.25, 0.3) is 0 Å². The average Bonchev–Trinajstić information content (AvgIpc) is 2.29. The molecule has 0 aliphatic carbocycles. The lowest BCUT2D eigenvalue weighted by molar-refractivity contribution is 0.482. The highest BCUT2D eigenvalue weighted by Crippen LogP contribution is 2.22. The van der Waals surface area contributed by atoms with Gasteiger partial charge in [-0.15, -0.1) is 0 Å². The van der Waals surface area contributed by atoms with Gasteiger partial charge in [-0.25, -0.2) is 4.98 Å². The standard InChI is InChI=1S/C12H9N3O/c13-8-9-2-1-3-10(6-9)16-11-4-5-15-12(14)7-11/h1-7H,(H2,14,15). The van der Waals surface area contributed by atoms with Crippen LogP contribution in [-0.4, -0.2) is 4.98 Å². The van der Waals surface area contributed by atoms with Gasteiger partial charge in [-0.3, -0.25) is 0 Å². The zero-order chi connectivity index (χ0) is 11.4. The topological polar surface area (TPSA) is 71.9 Å². The molecule has 4 nitrogen and oxygen atoms in total. The van der Waals surface area contributed by atoms with Gasteiger partial charge in [0.1, 0.15) is 17.3 Å². The third kappa shape index (κ3) is 2.28. The summed E-state index contributed by atoms with van der Waals surface area (Å²) >= 11 is 0. The SMILES string of the molecule is N#Cc1cccc(Oc2ccnc(N)c2)c1. The quantitative estimate of drug-likeness (QED) is 0.827. The number of ether oxygens (including phenoxy) is 1. The molecule has 0 unspecified atom stereocenters. The minimum Gasteiger partial charge on any atom is -0.457 e. The number of aromatic nitrogens is 1. The number of hydrogen-bond donors (Lipinski definition) is 1. The first kappa shape index (κ1) is 9.99. The number of nitrogens with two attached hydrogens (primary N) is 1. The predicted octanol–water partition coefficient (Wildman–Crippen LogP) is 2.33. The zero-order valence-electron chi connectivity index (χ0n) is 8.42. The summed E-state index contributed by atoms with van der Waals surface area (Å²) in [5.74, 6) is 1.60. The van der Waals surface area contributed by atoms with Crippen molar-refractivity contribution in [1.82, 2.24) is 4.98 Å². The van der Waals surface area contributed by atoms with Crippen LogP contribution >= 0.6 is 0 Å². The second-order valence-corrected chi connectivity index (χ2v) is 3.16. The molecule has 1 heterocycles. The second-order valence-electron chi connectivity index (χ2n) is 3.16. The molecule has 1 aromatic carbocycles. The Labute approximate surface area is 92.9 Å². The van der Waals surface area contributed by atoms with Crippen molar-refractivity contribution in [2.45, 2.75) is 0 Å². The van der Waals surface area contributed by atoms with Crippen molar-refractivity contribution >= 4 is 5.82 Å². The van der Waals surface area contributed by atoms with Gasteiger partial charge in [0.25, 0.3) is 0 Å². The summed E-state index contributed by atoms with van der Waals surface area (Å²) in [6, 6.07) is 12.3. The highest BCUT2D eigenvalue weighted by atomic mass is 16.5. The second kappa shape index (κ2) is 4.32. The molecular weight excluding hydrogens is 202 g/mol. The molecule has 4 heteroatoms. The molecule has 0 radical (unpaired) electrons. The summed E-state index contributed by atoms with van der Waals surface area (Å²) in [4.78, 5) is 3.86. The minimum atomic E-state index is 0.397. The fourth-order valence-corrected chi connectivity index (χ4v) is 1.26. The van der Waals surface area contributed by atoms with E-state index in [1.54, 1.807) is 42.6 Å². The summed E-state index contributed by atoms with van der Waals surface area (Å²) in [6.45, 7) is 0. The van der Waals surface area contributed by atoms with Crippen molar-refractivity contribution in [3.8, 4) is 17.6 Å². The summed E-state index contributed by atoms with van der Waals surface area (Å²) in [7, 11) is 0. The molecule has 0 amide bonds. The van der Waals surface area contributed by atoms with E-state index in [0.717, 1.165) is 0 Å². The zero-order valence-corrected chi connectivity index (χ0v) is 8.42. The number of nitrogens with zero attached hydrogens (tertiary/aromatic N) is 2. The van der Waals surface area contributed by atoms with Gasteiger partial charge in [-0.1, -0.05) is 6.07 Å². The summed E-state index contributed by atoms with van der Waals surface area (Å²) in [6.07, 6.45) is 1.57. The number of nitrogen functional groups attached to an aromatic ring is 1. The highest BCUT2D eigenvalue weighted by molar-refractivity contribution is 5.41. The van der Waals surface area contributed by atoms with Crippen LogP contribution in [0.2, 0.25) is 0 Å². The van der Waals surface area contributed by atoms with Crippen LogP contribution in [0, 0.1) is 11.3 Å². The molecule has 16 heavy (non-hydrogen) atoms. The van der Waals surface area contributed by atoms with Gasteiger partial charge in [0.15, 0.2) is 0 Å². The van der Waals surface area contributed by atoms with Gasteiger partial charge >= 0.3 is 0 Å². The van der Waals surface area contributed by atoms with Crippen LogP contribution in [0.5, 0.6) is 11.5 Å². The molecule has 0 atom stereocenters. The Morgan fingerprint density at radius 1 is 1.19 bits per heavy atom. The largest absolute Gasteiger partial charge is 0.457 e. The van der Waals surface area contributed by atoms with E-state index in [2.05, 4.69) is 4.98 Å². The first-order valence-corrected chi connectivity index (χ1v) is 4.67. The summed E-state index contributed by atoms with van der Waals surface area (Å²) in [5, 5.41) is 8.74. The van der Waals surface area contributed by atoms with E-state index >= 15 is 0 Å². The molecule has 0 aliphatic heterocycles. The van der Waals surface area contributed by atoms with Crippen LogP contribution in [0.3, 0.4) is 0 Å². The van der Waals surface area contributed by atoms with Gasteiger partial charge in [0.05, 0.1) is 11.6 Å². The molecule has 78 valence electrons. The van der Waals surface area contributed by atoms with E-state index in [-0.39, 0.29) is 0 Å². The molecular formula is C12H9N3O. The van der Waals surface area contributed by atoms with Gasteiger partial charge < -0.3 is 10.5 Å². The summed E-state index contributed by atoms with van der Waals surface area (Å²) < 4.78 is 5.53. The van der Waals surface area contributed by atoms with Crippen molar-refractivity contribution < 1.29 is 4.74 Å². The Morgan fingerprint density at radius 2 is 2.00 bits per heavy atom.